The molecule has 2 amide bonds. The van der Waals surface area contributed by atoms with Crippen LogP contribution in [0.5, 0.6) is 0 Å². The van der Waals surface area contributed by atoms with Crippen LogP contribution in [0, 0.1) is 0 Å². The largest absolute Gasteiger partial charge is 0.341 e. The number of H-pyrrole nitrogens is 1. The van der Waals surface area contributed by atoms with Crippen LogP contribution in [0.15, 0.2) is 42.6 Å². The summed E-state index contributed by atoms with van der Waals surface area (Å²) < 4.78 is 0. The van der Waals surface area contributed by atoms with E-state index in [1.807, 2.05) is 18.2 Å². The second kappa shape index (κ2) is 5.81. The van der Waals surface area contributed by atoms with Gasteiger partial charge in [-0.2, -0.15) is 5.10 Å². The monoisotopic (exact) mass is 258 g/mol. The van der Waals surface area contributed by atoms with E-state index < -0.39 is 6.04 Å². The fourth-order valence-corrected chi connectivity index (χ4v) is 1.68. The molecule has 0 fully saturated rings. The number of carbonyl (C=O) groups excluding carboxylic acids is 2. The van der Waals surface area contributed by atoms with Gasteiger partial charge in [-0.05, 0) is 5.56 Å². The van der Waals surface area contributed by atoms with Gasteiger partial charge in [-0.3, -0.25) is 14.7 Å². The molecule has 6 nitrogen and oxygen atoms in total. The zero-order valence-electron chi connectivity index (χ0n) is 10.4. The van der Waals surface area contributed by atoms with Crippen molar-refractivity contribution >= 4 is 17.6 Å². The van der Waals surface area contributed by atoms with Crippen LogP contribution in [0.3, 0.4) is 0 Å². The number of nitrogens with one attached hydrogen (secondary N) is 3. The van der Waals surface area contributed by atoms with E-state index in [0.717, 1.165) is 5.56 Å². The molecular weight excluding hydrogens is 244 g/mol. The summed E-state index contributed by atoms with van der Waals surface area (Å²) in [7, 11) is 0. The minimum atomic E-state index is -0.734. The first-order valence-electron chi connectivity index (χ1n) is 5.79. The van der Waals surface area contributed by atoms with Crippen molar-refractivity contribution in [3.63, 3.8) is 0 Å². The Morgan fingerprint density at radius 2 is 1.95 bits per heavy atom. The third kappa shape index (κ3) is 3.41. The number of hydrogen-bond donors (Lipinski definition) is 3. The predicted octanol–water partition coefficient (Wildman–Crippen LogP) is 1.23. The Bertz CT molecular complexity index is 551. The molecule has 6 heteroatoms. The molecule has 1 aromatic heterocycles. The summed E-state index contributed by atoms with van der Waals surface area (Å²) in [5, 5.41) is 11.7. The first-order valence-corrected chi connectivity index (χ1v) is 5.79. The minimum Gasteiger partial charge on any atom is -0.341 e. The lowest BCUT2D eigenvalue weighted by Crippen LogP contribution is -2.35. The summed E-state index contributed by atoms with van der Waals surface area (Å²) >= 11 is 0. The summed E-state index contributed by atoms with van der Waals surface area (Å²) in [6, 6.07) is 9.94. The van der Waals surface area contributed by atoms with Crippen LogP contribution in [-0.4, -0.2) is 22.0 Å². The van der Waals surface area contributed by atoms with Crippen molar-refractivity contribution in [3.05, 3.63) is 48.2 Å². The zero-order chi connectivity index (χ0) is 13.7. The van der Waals surface area contributed by atoms with E-state index in [9.17, 15) is 9.59 Å². The molecule has 1 atom stereocenters. The molecule has 19 heavy (non-hydrogen) atoms. The van der Waals surface area contributed by atoms with Gasteiger partial charge in [0.05, 0.1) is 6.20 Å². The minimum absolute atomic E-state index is 0.270. The number of hydrogen-bond acceptors (Lipinski definition) is 3. The SMILES string of the molecule is CC(=O)NC(C(=O)Nc1ccn[nH]1)c1ccccc1. The average molecular weight is 258 g/mol. The van der Waals surface area contributed by atoms with E-state index >= 15 is 0 Å². The van der Waals surface area contributed by atoms with E-state index in [2.05, 4.69) is 20.8 Å². The molecule has 0 saturated heterocycles. The Morgan fingerprint density at radius 3 is 2.53 bits per heavy atom. The zero-order valence-corrected chi connectivity index (χ0v) is 10.4. The summed E-state index contributed by atoms with van der Waals surface area (Å²) in [5.74, 6) is -0.115. The molecule has 0 aliphatic heterocycles. The van der Waals surface area contributed by atoms with Crippen LogP contribution in [0.2, 0.25) is 0 Å². The Balaban J connectivity index is 2.18. The van der Waals surface area contributed by atoms with E-state index in [1.165, 1.54) is 13.1 Å². The van der Waals surface area contributed by atoms with Crippen molar-refractivity contribution < 1.29 is 9.59 Å². The van der Waals surface area contributed by atoms with Gasteiger partial charge in [0.1, 0.15) is 11.9 Å². The van der Waals surface area contributed by atoms with Gasteiger partial charge in [-0.1, -0.05) is 30.3 Å². The van der Waals surface area contributed by atoms with Gasteiger partial charge < -0.3 is 10.6 Å². The van der Waals surface area contributed by atoms with Gasteiger partial charge in [-0.15, -0.1) is 0 Å². The molecule has 0 aliphatic rings. The first kappa shape index (κ1) is 12.8. The molecule has 3 N–H and O–H groups in total. The van der Waals surface area contributed by atoms with Gasteiger partial charge in [0.25, 0.3) is 5.91 Å². The van der Waals surface area contributed by atoms with E-state index in [4.69, 9.17) is 0 Å². The Kier molecular flexibility index (Phi) is 3.92. The normalized spacial score (nSPS) is 11.6. The molecule has 1 aromatic carbocycles. The highest BCUT2D eigenvalue weighted by atomic mass is 16.2. The molecule has 2 aromatic rings. The average Bonchev–Trinajstić information content (AvgIpc) is 2.89. The van der Waals surface area contributed by atoms with Crippen LogP contribution in [-0.2, 0) is 9.59 Å². The quantitative estimate of drug-likeness (QED) is 0.770. The number of benzene rings is 1. The van der Waals surface area contributed by atoms with Crippen molar-refractivity contribution in [2.45, 2.75) is 13.0 Å². The maximum absolute atomic E-state index is 12.2. The summed E-state index contributed by atoms with van der Waals surface area (Å²) in [6.07, 6.45) is 1.53. The van der Waals surface area contributed by atoms with E-state index in [0.29, 0.717) is 5.82 Å². The van der Waals surface area contributed by atoms with Crippen molar-refractivity contribution in [2.75, 3.05) is 5.32 Å². The maximum Gasteiger partial charge on any atom is 0.252 e. The number of amides is 2. The fraction of sp³-hybridized carbons (Fsp3) is 0.154. The van der Waals surface area contributed by atoms with E-state index in [1.54, 1.807) is 18.2 Å². The first-order chi connectivity index (χ1) is 9.16. The molecule has 0 aliphatic carbocycles. The van der Waals surface area contributed by atoms with Gasteiger partial charge in [0.15, 0.2) is 0 Å². The molecule has 1 unspecified atom stereocenters. The number of aromatic nitrogens is 2. The maximum atomic E-state index is 12.2. The van der Waals surface area contributed by atoms with Gasteiger partial charge >= 0.3 is 0 Å². The molecule has 1 heterocycles. The number of aromatic amines is 1. The van der Waals surface area contributed by atoms with Gasteiger partial charge in [0, 0.05) is 13.0 Å². The van der Waals surface area contributed by atoms with Crippen LogP contribution in [0.1, 0.15) is 18.5 Å². The summed E-state index contributed by atoms with van der Waals surface area (Å²) in [6.45, 7) is 1.37. The third-order valence-corrected chi connectivity index (χ3v) is 2.50. The van der Waals surface area contributed by atoms with E-state index in [-0.39, 0.29) is 11.8 Å². The second-order valence-corrected chi connectivity index (χ2v) is 4.00. The fourth-order valence-electron chi connectivity index (χ4n) is 1.68. The highest BCUT2D eigenvalue weighted by molar-refractivity contribution is 5.96. The topological polar surface area (TPSA) is 86.9 Å². The second-order valence-electron chi connectivity index (χ2n) is 4.00. The molecule has 0 bridgehead atoms. The Labute approximate surface area is 110 Å². The van der Waals surface area contributed by atoms with Crippen LogP contribution < -0.4 is 10.6 Å². The lowest BCUT2D eigenvalue weighted by molar-refractivity contribution is -0.125. The van der Waals surface area contributed by atoms with Crippen molar-refractivity contribution in [1.82, 2.24) is 15.5 Å². The standard InChI is InChI=1S/C13H14N4O2/c1-9(18)15-12(10-5-3-2-4-6-10)13(19)16-11-7-8-14-17-11/h2-8,12H,1H3,(H,15,18)(H2,14,16,17,19). The molecule has 98 valence electrons. The Hall–Kier alpha value is -2.63. The number of carbonyl (C=O) groups is 2. The molecular formula is C13H14N4O2. The molecule has 2 rings (SSSR count). The number of nitrogens with zero attached hydrogens (tertiary/aromatic N) is 1. The van der Waals surface area contributed by atoms with Gasteiger partial charge in [0.2, 0.25) is 5.91 Å². The Morgan fingerprint density at radius 1 is 1.21 bits per heavy atom. The number of anilines is 1. The van der Waals surface area contributed by atoms with Crippen molar-refractivity contribution in [1.29, 1.82) is 0 Å². The third-order valence-electron chi connectivity index (χ3n) is 2.50. The summed E-state index contributed by atoms with van der Waals surface area (Å²) in [5.41, 5.74) is 0.717. The van der Waals surface area contributed by atoms with Crippen molar-refractivity contribution in [2.24, 2.45) is 0 Å². The highest BCUT2D eigenvalue weighted by Gasteiger charge is 2.21. The lowest BCUT2D eigenvalue weighted by atomic mass is 10.1. The van der Waals surface area contributed by atoms with Crippen LogP contribution in [0.25, 0.3) is 0 Å². The smallest absolute Gasteiger partial charge is 0.252 e. The van der Waals surface area contributed by atoms with Gasteiger partial charge in [-0.25, -0.2) is 0 Å². The number of rotatable bonds is 4. The molecule has 0 spiro atoms. The van der Waals surface area contributed by atoms with Crippen LogP contribution in [0.4, 0.5) is 5.82 Å². The molecule has 0 saturated carbocycles. The lowest BCUT2D eigenvalue weighted by Gasteiger charge is -2.17. The highest BCUT2D eigenvalue weighted by Crippen LogP contribution is 2.14. The van der Waals surface area contributed by atoms with Crippen LogP contribution >= 0.6 is 0 Å². The van der Waals surface area contributed by atoms with Crippen molar-refractivity contribution in [3.8, 4) is 0 Å². The molecule has 0 radical (unpaired) electrons. The predicted molar refractivity (Wildman–Crippen MR) is 70.2 cm³/mol. The summed E-state index contributed by atoms with van der Waals surface area (Å²) in [4.78, 5) is 23.4.